The Kier molecular flexibility index (Phi) is 5.88. The van der Waals surface area contributed by atoms with E-state index in [1.807, 2.05) is 73.5 Å². The first-order valence-electron chi connectivity index (χ1n) is 7.40. The number of oxime groups is 1. The number of amides is 1. The monoisotopic (exact) mass is 311 g/mol. The molecule has 5 nitrogen and oxygen atoms in total. The molecule has 2 aromatic rings. The van der Waals surface area contributed by atoms with Crippen molar-refractivity contribution in [1.82, 2.24) is 4.90 Å². The molecule has 5 heteroatoms. The summed E-state index contributed by atoms with van der Waals surface area (Å²) in [4.78, 5) is 14.1. The summed E-state index contributed by atoms with van der Waals surface area (Å²) in [5.41, 5.74) is 2.99. The molecule has 1 amide bonds. The van der Waals surface area contributed by atoms with Gasteiger partial charge in [-0.3, -0.25) is 9.69 Å². The molecule has 0 bridgehead atoms. The normalized spacial score (nSPS) is 11.5. The fourth-order valence-electron chi connectivity index (χ4n) is 2.20. The fraction of sp³-hybridized carbons (Fsp3) is 0.222. The van der Waals surface area contributed by atoms with Crippen LogP contribution in [0.1, 0.15) is 11.1 Å². The third-order valence-corrected chi connectivity index (χ3v) is 3.41. The van der Waals surface area contributed by atoms with Crippen LogP contribution in [0.2, 0.25) is 0 Å². The number of nitrogens with one attached hydrogen (secondary N) is 1. The highest BCUT2D eigenvalue weighted by Gasteiger charge is 2.15. The van der Waals surface area contributed by atoms with Crippen LogP contribution in [0.25, 0.3) is 0 Å². The summed E-state index contributed by atoms with van der Waals surface area (Å²) in [7, 11) is 1.87. The Morgan fingerprint density at radius 1 is 1.13 bits per heavy atom. The van der Waals surface area contributed by atoms with Gasteiger partial charge in [0.15, 0.2) is 5.71 Å². The van der Waals surface area contributed by atoms with Crippen LogP contribution in [0.15, 0.2) is 59.8 Å². The first-order valence-corrected chi connectivity index (χ1v) is 7.40. The molecule has 0 aromatic heterocycles. The van der Waals surface area contributed by atoms with Crippen LogP contribution >= 0.6 is 0 Å². The standard InChI is InChI=1S/C18H21N3O2/c1-14-8-10-16(11-9-14)19-18(22)17(20-23)13-21(2)12-15-6-4-3-5-7-15/h3-11,23H,12-13H2,1-2H3,(H,19,22)/b20-17+. The molecule has 0 aliphatic carbocycles. The van der Waals surface area contributed by atoms with Crippen molar-refractivity contribution in [3.63, 3.8) is 0 Å². The first-order chi connectivity index (χ1) is 11.1. The minimum Gasteiger partial charge on any atom is -0.410 e. The van der Waals surface area contributed by atoms with Crippen molar-refractivity contribution >= 4 is 17.3 Å². The minimum atomic E-state index is -0.406. The van der Waals surface area contributed by atoms with E-state index in [1.54, 1.807) is 0 Å². The third kappa shape index (κ3) is 5.23. The van der Waals surface area contributed by atoms with Crippen LogP contribution in [0.4, 0.5) is 5.69 Å². The molecule has 0 unspecified atom stereocenters. The van der Waals surface area contributed by atoms with Crippen molar-refractivity contribution in [2.45, 2.75) is 13.5 Å². The van der Waals surface area contributed by atoms with Crippen molar-refractivity contribution in [3.05, 3.63) is 65.7 Å². The molecule has 0 heterocycles. The van der Waals surface area contributed by atoms with Crippen LogP contribution < -0.4 is 5.32 Å². The number of rotatable bonds is 6. The van der Waals surface area contributed by atoms with Gasteiger partial charge in [0.25, 0.3) is 5.91 Å². The van der Waals surface area contributed by atoms with Gasteiger partial charge in [0.05, 0.1) is 0 Å². The highest BCUT2D eigenvalue weighted by molar-refractivity contribution is 6.43. The molecule has 2 N–H and O–H groups in total. The predicted molar refractivity (Wildman–Crippen MR) is 91.8 cm³/mol. The molecule has 120 valence electrons. The molecular weight excluding hydrogens is 290 g/mol. The molecule has 2 rings (SSSR count). The maximum atomic E-state index is 12.2. The van der Waals surface area contributed by atoms with Crippen LogP contribution in [0.5, 0.6) is 0 Å². The highest BCUT2D eigenvalue weighted by atomic mass is 16.4. The summed E-state index contributed by atoms with van der Waals surface area (Å²) < 4.78 is 0. The number of anilines is 1. The predicted octanol–water partition coefficient (Wildman–Crippen LogP) is 2.90. The van der Waals surface area contributed by atoms with Gasteiger partial charge >= 0.3 is 0 Å². The molecule has 0 radical (unpaired) electrons. The van der Waals surface area contributed by atoms with Crippen molar-refractivity contribution in [1.29, 1.82) is 0 Å². The summed E-state index contributed by atoms with van der Waals surface area (Å²) in [5, 5.41) is 15.0. The Balaban J connectivity index is 1.93. The van der Waals surface area contributed by atoms with Gasteiger partial charge in [-0.15, -0.1) is 0 Å². The number of nitrogens with zero attached hydrogens (tertiary/aromatic N) is 2. The molecule has 0 saturated heterocycles. The number of carbonyl (C=O) groups is 1. The van der Waals surface area contributed by atoms with E-state index >= 15 is 0 Å². The van der Waals surface area contributed by atoms with Gasteiger partial charge in [0.1, 0.15) is 0 Å². The largest absolute Gasteiger partial charge is 0.410 e. The van der Waals surface area contributed by atoms with Gasteiger partial charge in [-0.2, -0.15) is 0 Å². The van der Waals surface area contributed by atoms with E-state index in [1.165, 1.54) is 0 Å². The van der Waals surface area contributed by atoms with E-state index in [9.17, 15) is 4.79 Å². The molecule has 0 fully saturated rings. The average Bonchev–Trinajstić information content (AvgIpc) is 2.55. The zero-order chi connectivity index (χ0) is 16.7. The van der Waals surface area contributed by atoms with Gasteiger partial charge in [-0.1, -0.05) is 53.2 Å². The number of hydrogen-bond acceptors (Lipinski definition) is 4. The fourth-order valence-corrected chi connectivity index (χ4v) is 2.20. The molecule has 0 aliphatic heterocycles. The smallest absolute Gasteiger partial charge is 0.274 e. The van der Waals surface area contributed by atoms with E-state index in [0.29, 0.717) is 12.2 Å². The van der Waals surface area contributed by atoms with Gasteiger partial charge < -0.3 is 10.5 Å². The number of aryl methyl sites for hydroxylation is 1. The molecule has 0 saturated carbocycles. The SMILES string of the molecule is Cc1ccc(NC(=O)/C(CN(C)Cc2ccccc2)=N/O)cc1. The number of hydrogen-bond donors (Lipinski definition) is 2. The van der Waals surface area contributed by atoms with Crippen LogP contribution in [-0.4, -0.2) is 35.3 Å². The lowest BCUT2D eigenvalue weighted by Gasteiger charge is -2.17. The van der Waals surface area contributed by atoms with E-state index in [4.69, 9.17) is 5.21 Å². The zero-order valence-electron chi connectivity index (χ0n) is 13.4. The second-order valence-electron chi connectivity index (χ2n) is 5.52. The summed E-state index contributed by atoms with van der Waals surface area (Å²) in [6.45, 7) is 2.89. The lowest BCUT2D eigenvalue weighted by Crippen LogP contribution is -2.34. The van der Waals surface area contributed by atoms with Crippen molar-refractivity contribution < 1.29 is 10.0 Å². The Hall–Kier alpha value is -2.66. The Labute approximate surface area is 136 Å². The third-order valence-electron chi connectivity index (χ3n) is 3.41. The van der Waals surface area contributed by atoms with Crippen LogP contribution in [-0.2, 0) is 11.3 Å². The number of carbonyl (C=O) groups excluding carboxylic acids is 1. The molecule has 0 spiro atoms. The van der Waals surface area contributed by atoms with Gasteiger partial charge in [-0.05, 0) is 31.7 Å². The van der Waals surface area contributed by atoms with Gasteiger partial charge in [0.2, 0.25) is 0 Å². The molecule has 2 aromatic carbocycles. The quantitative estimate of drug-likeness (QED) is 0.490. The van der Waals surface area contributed by atoms with Crippen LogP contribution in [0, 0.1) is 6.92 Å². The van der Waals surface area contributed by atoms with Crippen LogP contribution in [0.3, 0.4) is 0 Å². The van der Waals surface area contributed by atoms with Gasteiger partial charge in [0, 0.05) is 18.8 Å². The Bertz CT molecular complexity index is 666. The topological polar surface area (TPSA) is 64.9 Å². The Morgan fingerprint density at radius 3 is 2.39 bits per heavy atom. The van der Waals surface area contributed by atoms with Gasteiger partial charge in [-0.25, -0.2) is 0 Å². The summed E-state index contributed by atoms with van der Waals surface area (Å²) in [5.74, 6) is -0.406. The minimum absolute atomic E-state index is 0.0732. The maximum Gasteiger partial charge on any atom is 0.274 e. The second kappa shape index (κ2) is 8.10. The van der Waals surface area contributed by atoms with Crippen molar-refractivity contribution in [2.75, 3.05) is 18.9 Å². The van der Waals surface area contributed by atoms with E-state index < -0.39 is 5.91 Å². The molecule has 0 aliphatic rings. The average molecular weight is 311 g/mol. The van der Waals surface area contributed by atoms with E-state index in [2.05, 4.69) is 10.5 Å². The summed E-state index contributed by atoms with van der Waals surface area (Å²) in [6.07, 6.45) is 0. The first kappa shape index (κ1) is 16.7. The van der Waals surface area contributed by atoms with E-state index in [-0.39, 0.29) is 12.3 Å². The lowest BCUT2D eigenvalue weighted by atomic mass is 10.2. The summed E-state index contributed by atoms with van der Waals surface area (Å²) >= 11 is 0. The van der Waals surface area contributed by atoms with Crippen molar-refractivity contribution in [3.8, 4) is 0 Å². The molecule has 23 heavy (non-hydrogen) atoms. The molecular formula is C18H21N3O2. The Morgan fingerprint density at radius 2 is 1.78 bits per heavy atom. The zero-order valence-corrected chi connectivity index (χ0v) is 13.4. The van der Waals surface area contributed by atoms with E-state index in [0.717, 1.165) is 11.1 Å². The highest BCUT2D eigenvalue weighted by Crippen LogP contribution is 2.09. The lowest BCUT2D eigenvalue weighted by molar-refractivity contribution is -0.110. The maximum absolute atomic E-state index is 12.2. The molecule has 0 atom stereocenters. The second-order valence-corrected chi connectivity index (χ2v) is 5.52. The number of benzene rings is 2. The van der Waals surface area contributed by atoms with Crippen molar-refractivity contribution in [2.24, 2.45) is 5.16 Å². The summed E-state index contributed by atoms with van der Waals surface area (Å²) in [6, 6.07) is 17.4.